The summed E-state index contributed by atoms with van der Waals surface area (Å²) in [5.74, 6) is 0. The molecule has 0 radical (unpaired) electrons. The number of allylic oxidation sites excluding steroid dienone is 8. The van der Waals surface area contributed by atoms with Crippen molar-refractivity contribution in [2.45, 2.75) is 69.2 Å². The van der Waals surface area contributed by atoms with Gasteiger partial charge in [-0.3, -0.25) is 0 Å². The summed E-state index contributed by atoms with van der Waals surface area (Å²) in [5, 5.41) is 0. The van der Waals surface area contributed by atoms with Crippen LogP contribution in [0.15, 0.2) is 41.2 Å². The van der Waals surface area contributed by atoms with E-state index in [1.54, 1.807) is 30.0 Å². The number of hydrogen-bond acceptors (Lipinski definition) is 0. The molecule has 0 N–H and O–H groups in total. The van der Waals surface area contributed by atoms with E-state index in [4.69, 9.17) is 0 Å². The summed E-state index contributed by atoms with van der Waals surface area (Å²) in [6, 6.07) is 0. The van der Waals surface area contributed by atoms with Crippen molar-refractivity contribution in [1.29, 1.82) is 0 Å². The maximum absolute atomic E-state index is 2.42. The molecule has 0 bridgehead atoms. The second-order valence-corrected chi connectivity index (χ2v) is 9.83. The molecular formula is C20H30Ti. The van der Waals surface area contributed by atoms with Crippen LogP contribution in [0.3, 0.4) is 0 Å². The molecule has 2 rings (SSSR count). The van der Waals surface area contributed by atoms with Crippen LogP contribution >= 0.6 is 0 Å². The van der Waals surface area contributed by atoms with Crippen LogP contribution in [0.25, 0.3) is 0 Å². The van der Waals surface area contributed by atoms with E-state index in [-0.39, 0.29) is 30.0 Å². The third-order valence-electron chi connectivity index (χ3n) is 6.38. The van der Waals surface area contributed by atoms with Gasteiger partial charge >= 0.3 is 140 Å². The molecule has 0 aromatic rings. The third kappa shape index (κ3) is 2.30. The normalized spacial score (nSPS) is 24.7. The monoisotopic (exact) mass is 318 g/mol. The zero-order valence-electron chi connectivity index (χ0n) is 15.5. The van der Waals surface area contributed by atoms with Crippen LogP contribution in [0, 0.1) is 10.8 Å². The van der Waals surface area contributed by atoms with Gasteiger partial charge in [0.2, 0.25) is 0 Å². The fourth-order valence-corrected chi connectivity index (χ4v) is 6.94. The molecule has 0 aromatic heterocycles. The fraction of sp³-hybridized carbons (Fsp3) is 0.600. The Labute approximate surface area is 140 Å². The van der Waals surface area contributed by atoms with Gasteiger partial charge in [-0.2, -0.15) is 0 Å². The molecule has 0 saturated heterocycles. The summed E-state index contributed by atoms with van der Waals surface area (Å²) in [5.41, 5.74) is 9.92. The van der Waals surface area contributed by atoms with Gasteiger partial charge in [-0.1, -0.05) is 0 Å². The molecule has 21 heavy (non-hydrogen) atoms. The zero-order chi connectivity index (χ0) is 16.3. The Kier molecular flexibility index (Phi) is 4.14. The van der Waals surface area contributed by atoms with E-state index >= 15 is 0 Å². The van der Waals surface area contributed by atoms with Gasteiger partial charge in [0.15, 0.2) is 0 Å². The first-order valence-electron chi connectivity index (χ1n) is 8.00. The predicted octanol–water partition coefficient (Wildman–Crippen LogP) is 6.37. The Hall–Kier alpha value is -0.326. The van der Waals surface area contributed by atoms with Gasteiger partial charge in [0.25, 0.3) is 0 Å². The van der Waals surface area contributed by atoms with E-state index < -0.39 is 0 Å². The van der Waals surface area contributed by atoms with Gasteiger partial charge in [0.05, 0.1) is 0 Å². The minimum atomic E-state index is -0.239. The van der Waals surface area contributed by atoms with Crippen LogP contribution in [-0.4, -0.2) is 0 Å². The summed E-state index contributed by atoms with van der Waals surface area (Å²) < 4.78 is 3.50. The SMILES string of the molecule is CC1=C(C)C(C)(C)[C]([Ti][C]2=C(C)C(C)=C(C)C2(C)C)=C1C. The Bertz CT molecular complexity index is 575. The first kappa shape index (κ1) is 17.0. The van der Waals surface area contributed by atoms with E-state index in [2.05, 4.69) is 69.2 Å². The number of hydrogen-bond donors (Lipinski definition) is 0. The van der Waals surface area contributed by atoms with E-state index in [9.17, 15) is 0 Å². The van der Waals surface area contributed by atoms with Gasteiger partial charge in [-0.25, -0.2) is 0 Å². The molecule has 0 atom stereocenters. The molecule has 0 nitrogen and oxygen atoms in total. The van der Waals surface area contributed by atoms with E-state index in [0.29, 0.717) is 0 Å². The first-order chi connectivity index (χ1) is 9.44. The molecule has 114 valence electrons. The summed E-state index contributed by atoms with van der Waals surface area (Å²) in [4.78, 5) is 0. The van der Waals surface area contributed by atoms with Crippen molar-refractivity contribution < 1.29 is 19.2 Å². The molecule has 0 saturated carbocycles. The molecule has 0 spiro atoms. The predicted molar refractivity (Wildman–Crippen MR) is 89.7 cm³/mol. The van der Waals surface area contributed by atoms with Gasteiger partial charge < -0.3 is 0 Å². The second kappa shape index (κ2) is 5.10. The van der Waals surface area contributed by atoms with Crippen LogP contribution < -0.4 is 0 Å². The van der Waals surface area contributed by atoms with Crippen LogP contribution in [0.4, 0.5) is 0 Å². The first-order valence-corrected chi connectivity index (χ1v) is 9.56. The van der Waals surface area contributed by atoms with Gasteiger partial charge in [0.1, 0.15) is 0 Å². The summed E-state index contributed by atoms with van der Waals surface area (Å²) >= 11 is -0.239. The van der Waals surface area contributed by atoms with Crippen molar-refractivity contribution in [3.05, 3.63) is 41.2 Å². The van der Waals surface area contributed by atoms with Crippen molar-refractivity contribution in [1.82, 2.24) is 0 Å². The van der Waals surface area contributed by atoms with E-state index in [1.807, 2.05) is 0 Å². The molecule has 2 aliphatic carbocycles. The van der Waals surface area contributed by atoms with Gasteiger partial charge in [-0.15, -0.1) is 0 Å². The fourth-order valence-electron chi connectivity index (χ4n) is 3.81. The van der Waals surface area contributed by atoms with Crippen LogP contribution in [0.2, 0.25) is 0 Å². The van der Waals surface area contributed by atoms with Crippen LogP contribution in [-0.2, 0) is 19.2 Å². The average molecular weight is 318 g/mol. The van der Waals surface area contributed by atoms with Crippen molar-refractivity contribution >= 4 is 0 Å². The standard InChI is InChI=1S/2C10H15.Ti/c2*1-7-6-10(4,5)9(3)8(7)2;/h2*1-5H3;. The molecule has 0 unspecified atom stereocenters. The summed E-state index contributed by atoms with van der Waals surface area (Å²) in [7, 11) is 0. The molecule has 0 amide bonds. The summed E-state index contributed by atoms with van der Waals surface area (Å²) in [6.07, 6.45) is 0. The van der Waals surface area contributed by atoms with Crippen LogP contribution in [0.5, 0.6) is 0 Å². The molecule has 0 fully saturated rings. The van der Waals surface area contributed by atoms with E-state index in [1.165, 1.54) is 11.1 Å². The maximum atomic E-state index is 2.42. The van der Waals surface area contributed by atoms with Gasteiger partial charge in [0, 0.05) is 0 Å². The minimum absolute atomic E-state index is 0.239. The Morgan fingerprint density at radius 2 is 0.810 bits per heavy atom. The van der Waals surface area contributed by atoms with Crippen molar-refractivity contribution in [2.24, 2.45) is 10.8 Å². The van der Waals surface area contributed by atoms with Crippen molar-refractivity contribution in [2.75, 3.05) is 0 Å². The Balaban J connectivity index is 2.47. The molecule has 0 aliphatic heterocycles. The third-order valence-corrected chi connectivity index (χ3v) is 10.3. The second-order valence-electron chi connectivity index (χ2n) is 7.88. The van der Waals surface area contributed by atoms with Crippen molar-refractivity contribution in [3.8, 4) is 0 Å². The number of rotatable bonds is 2. The van der Waals surface area contributed by atoms with Crippen LogP contribution in [0.1, 0.15) is 69.2 Å². The quantitative estimate of drug-likeness (QED) is 0.519. The Morgan fingerprint density at radius 1 is 0.524 bits per heavy atom. The molecule has 0 aromatic carbocycles. The zero-order valence-corrected chi connectivity index (χ0v) is 17.1. The molecule has 2 aliphatic rings. The topological polar surface area (TPSA) is 0 Å². The van der Waals surface area contributed by atoms with E-state index in [0.717, 1.165) is 0 Å². The summed E-state index contributed by atoms with van der Waals surface area (Å²) in [6.45, 7) is 23.6. The molecule has 1 heteroatoms. The van der Waals surface area contributed by atoms with Crippen molar-refractivity contribution in [3.63, 3.8) is 0 Å². The average Bonchev–Trinajstić information content (AvgIpc) is 2.63. The molecule has 0 heterocycles. The molecular weight excluding hydrogens is 288 g/mol. The Morgan fingerprint density at radius 3 is 1.00 bits per heavy atom. The van der Waals surface area contributed by atoms with Gasteiger partial charge in [-0.05, 0) is 0 Å².